The molecule has 0 aromatic heterocycles. The summed E-state index contributed by atoms with van der Waals surface area (Å²) in [5, 5.41) is 10.9. The molecule has 0 aliphatic carbocycles. The van der Waals surface area contributed by atoms with Crippen molar-refractivity contribution in [2.24, 2.45) is 4.99 Å². The van der Waals surface area contributed by atoms with E-state index >= 15 is 0 Å². The molecule has 8 nitrogen and oxygen atoms in total. The van der Waals surface area contributed by atoms with E-state index in [0.717, 1.165) is 24.7 Å². The van der Waals surface area contributed by atoms with Gasteiger partial charge in [0.2, 0.25) is 0 Å². The largest absolute Gasteiger partial charge is 0.452 e. The van der Waals surface area contributed by atoms with Crippen molar-refractivity contribution in [2.75, 3.05) is 19.7 Å². The Kier molecular flexibility index (Phi) is 6.34. The molecular weight excluding hydrogens is 444 g/mol. The number of ether oxygens (including phenoxy) is 3. The third-order valence-corrected chi connectivity index (χ3v) is 7.10. The number of rotatable bonds is 5. The van der Waals surface area contributed by atoms with Crippen molar-refractivity contribution in [1.29, 1.82) is 0 Å². The van der Waals surface area contributed by atoms with Gasteiger partial charge in [0.1, 0.15) is 17.6 Å². The first-order valence-corrected chi connectivity index (χ1v) is 11.8. The number of amidine groups is 1. The number of carbonyl (C=O) groups is 2. The van der Waals surface area contributed by atoms with E-state index in [-0.39, 0.29) is 0 Å². The molecule has 1 N–H and O–H groups in total. The number of aliphatic hydroxyl groups is 1. The van der Waals surface area contributed by atoms with Gasteiger partial charge in [-0.25, -0.2) is 9.59 Å². The van der Waals surface area contributed by atoms with Gasteiger partial charge in [0.05, 0.1) is 17.7 Å². The topological polar surface area (TPSA) is 97.7 Å². The molecule has 0 spiro atoms. The summed E-state index contributed by atoms with van der Waals surface area (Å²) in [5.74, 6) is -1.13. The number of hydrogen-bond acceptors (Lipinski definition) is 9. The van der Waals surface area contributed by atoms with Crippen LogP contribution in [0.1, 0.15) is 27.1 Å². The Labute approximate surface area is 195 Å². The molecule has 0 bridgehead atoms. The minimum atomic E-state index is -1.02. The van der Waals surface area contributed by atoms with Crippen molar-refractivity contribution in [3.05, 3.63) is 71.8 Å². The Morgan fingerprint density at radius 1 is 0.970 bits per heavy atom. The molecule has 2 fully saturated rings. The lowest BCUT2D eigenvalue weighted by molar-refractivity contribution is -0.168. The zero-order valence-electron chi connectivity index (χ0n) is 17.8. The van der Waals surface area contributed by atoms with Gasteiger partial charge in [0.15, 0.2) is 17.4 Å². The molecule has 0 radical (unpaired) electrons. The molecule has 3 aliphatic rings. The van der Waals surface area contributed by atoms with Gasteiger partial charge in [0, 0.05) is 13.1 Å². The van der Waals surface area contributed by atoms with Crippen LogP contribution in [0.25, 0.3) is 0 Å². The molecule has 5 unspecified atom stereocenters. The van der Waals surface area contributed by atoms with Crippen LogP contribution < -0.4 is 0 Å². The maximum atomic E-state index is 12.9. The third-order valence-electron chi connectivity index (χ3n) is 5.91. The number of hydrogen-bond donors (Lipinski definition) is 1. The van der Waals surface area contributed by atoms with Gasteiger partial charge in [-0.1, -0.05) is 48.2 Å². The second-order valence-electron chi connectivity index (χ2n) is 8.06. The maximum absolute atomic E-state index is 12.9. The van der Waals surface area contributed by atoms with Crippen LogP contribution in [0.5, 0.6) is 0 Å². The van der Waals surface area contributed by atoms with E-state index in [0.29, 0.717) is 11.1 Å². The highest BCUT2D eigenvalue weighted by molar-refractivity contribution is 8.14. The summed E-state index contributed by atoms with van der Waals surface area (Å²) in [6.07, 6.45) is -1.69. The second kappa shape index (κ2) is 9.54. The molecule has 5 atom stereocenters. The maximum Gasteiger partial charge on any atom is 0.338 e. The summed E-state index contributed by atoms with van der Waals surface area (Å²) in [5.41, 5.74) is 0.292. The Morgan fingerprint density at radius 3 is 2.06 bits per heavy atom. The highest BCUT2D eigenvalue weighted by Crippen LogP contribution is 2.40. The van der Waals surface area contributed by atoms with Crippen molar-refractivity contribution in [3.8, 4) is 0 Å². The molecule has 2 aromatic rings. The van der Waals surface area contributed by atoms with Crippen molar-refractivity contribution >= 4 is 28.9 Å². The van der Waals surface area contributed by atoms with Crippen LogP contribution >= 0.6 is 11.8 Å². The molecule has 2 aromatic carbocycles. The predicted octanol–water partition coefficient (Wildman–Crippen LogP) is 2.33. The first kappa shape index (κ1) is 21.9. The lowest BCUT2D eigenvalue weighted by Crippen LogP contribution is -2.59. The van der Waals surface area contributed by atoms with Gasteiger partial charge in [-0.2, -0.15) is 0 Å². The number of aliphatic imine (C=N–C) groups is 1. The molecule has 0 saturated carbocycles. The smallest absolute Gasteiger partial charge is 0.338 e. The molecule has 33 heavy (non-hydrogen) atoms. The Balaban J connectivity index is 1.44. The number of nitrogens with zero attached hydrogens (tertiary/aromatic N) is 2. The van der Waals surface area contributed by atoms with Crippen LogP contribution in [0.3, 0.4) is 0 Å². The van der Waals surface area contributed by atoms with E-state index in [1.807, 2.05) is 6.07 Å². The van der Waals surface area contributed by atoms with E-state index in [4.69, 9.17) is 19.2 Å². The molecule has 3 heterocycles. The molecular formula is C24H24N2O6S. The summed E-state index contributed by atoms with van der Waals surface area (Å²) < 4.78 is 17.8. The predicted molar refractivity (Wildman–Crippen MR) is 122 cm³/mol. The van der Waals surface area contributed by atoms with Crippen LogP contribution in [-0.2, 0) is 14.2 Å². The summed E-state index contributed by atoms with van der Waals surface area (Å²) in [4.78, 5) is 32.7. The van der Waals surface area contributed by atoms with Crippen molar-refractivity contribution in [2.45, 2.75) is 36.2 Å². The SMILES string of the molecule is O=C(OC1C(CO)OC2SC(N3CCC3)=NC2C1OC(=O)c1ccccc1)c1ccccc1. The normalized spacial score (nSPS) is 28.3. The molecule has 5 rings (SSSR count). The van der Waals surface area contributed by atoms with E-state index in [2.05, 4.69) is 4.90 Å². The summed E-state index contributed by atoms with van der Waals surface area (Å²) in [6.45, 7) is 1.43. The number of fused-ring (bicyclic) bond motifs is 1. The zero-order chi connectivity index (χ0) is 22.8. The molecule has 0 amide bonds. The first-order chi connectivity index (χ1) is 16.1. The van der Waals surface area contributed by atoms with Crippen LogP contribution in [0, 0.1) is 0 Å². The number of carbonyl (C=O) groups excluding carboxylic acids is 2. The minimum Gasteiger partial charge on any atom is -0.452 e. The van der Waals surface area contributed by atoms with Gasteiger partial charge in [-0.3, -0.25) is 4.99 Å². The van der Waals surface area contributed by atoms with Crippen LogP contribution in [0.15, 0.2) is 65.7 Å². The van der Waals surface area contributed by atoms with E-state index in [9.17, 15) is 14.7 Å². The standard InChI is InChI=1S/C24H24N2O6S/c27-14-17-19(31-21(28)15-8-3-1-4-9-15)20(32-22(29)16-10-5-2-6-11-16)18-23(30-17)33-24(25-18)26-12-7-13-26/h1-6,8-11,17-20,23,27H,7,12-14H2. The quantitative estimate of drug-likeness (QED) is 0.668. The minimum absolute atomic E-state index is 0.356. The first-order valence-electron chi connectivity index (χ1n) is 10.9. The number of esters is 2. The average Bonchev–Trinajstić information content (AvgIpc) is 3.23. The van der Waals surface area contributed by atoms with E-state index in [1.165, 1.54) is 11.8 Å². The molecule has 9 heteroatoms. The van der Waals surface area contributed by atoms with Crippen molar-refractivity contribution < 1.29 is 28.9 Å². The van der Waals surface area contributed by atoms with E-state index < -0.39 is 48.3 Å². The van der Waals surface area contributed by atoms with Crippen LogP contribution in [-0.4, -0.2) is 76.6 Å². The summed E-state index contributed by atoms with van der Waals surface area (Å²) >= 11 is 1.45. The Bertz CT molecular complexity index is 1030. The number of likely N-dealkylation sites (tertiary alicyclic amines) is 1. The monoisotopic (exact) mass is 468 g/mol. The second-order valence-corrected chi connectivity index (χ2v) is 9.12. The third kappa shape index (κ3) is 4.48. The number of thioether (sulfide) groups is 1. The summed E-state index contributed by atoms with van der Waals surface area (Å²) in [6, 6.07) is 16.6. The van der Waals surface area contributed by atoms with Gasteiger partial charge < -0.3 is 24.2 Å². The zero-order valence-corrected chi connectivity index (χ0v) is 18.6. The van der Waals surface area contributed by atoms with Crippen LogP contribution in [0.2, 0.25) is 0 Å². The molecule has 3 aliphatic heterocycles. The van der Waals surface area contributed by atoms with Gasteiger partial charge in [-0.15, -0.1) is 0 Å². The molecule has 2 saturated heterocycles. The average molecular weight is 469 g/mol. The highest BCUT2D eigenvalue weighted by Gasteiger charge is 2.54. The molecule has 172 valence electrons. The number of aliphatic hydroxyl groups excluding tert-OH is 1. The highest BCUT2D eigenvalue weighted by atomic mass is 32.2. The fraction of sp³-hybridized carbons (Fsp3) is 0.375. The lowest BCUT2D eigenvalue weighted by atomic mass is 9.97. The van der Waals surface area contributed by atoms with Gasteiger partial charge >= 0.3 is 11.9 Å². The fourth-order valence-corrected chi connectivity index (χ4v) is 5.28. The van der Waals surface area contributed by atoms with Crippen molar-refractivity contribution in [3.63, 3.8) is 0 Å². The fourth-order valence-electron chi connectivity index (χ4n) is 4.01. The van der Waals surface area contributed by atoms with Crippen molar-refractivity contribution in [1.82, 2.24) is 4.90 Å². The lowest BCUT2D eigenvalue weighted by Gasteiger charge is -2.41. The van der Waals surface area contributed by atoms with Gasteiger partial charge in [0.25, 0.3) is 0 Å². The number of benzene rings is 2. The van der Waals surface area contributed by atoms with Crippen LogP contribution in [0.4, 0.5) is 0 Å². The van der Waals surface area contributed by atoms with E-state index in [1.54, 1.807) is 54.6 Å². The summed E-state index contributed by atoms with van der Waals surface area (Å²) in [7, 11) is 0. The Morgan fingerprint density at radius 2 is 1.55 bits per heavy atom. The van der Waals surface area contributed by atoms with Gasteiger partial charge in [-0.05, 0) is 30.7 Å². The Hall–Kier alpha value is -2.88.